The zero-order valence-electron chi connectivity index (χ0n) is 8.89. The lowest BCUT2D eigenvalue weighted by Crippen LogP contribution is -2.34. The summed E-state index contributed by atoms with van der Waals surface area (Å²) in [5.41, 5.74) is -1.13. The minimum absolute atomic E-state index is 0.440. The number of nitrogens with zero attached hydrogens (tertiary/aromatic N) is 3. The maximum Gasteiger partial charge on any atom is 0.358 e. The van der Waals surface area contributed by atoms with Crippen LogP contribution in [0.15, 0.2) is 15.2 Å². The van der Waals surface area contributed by atoms with Crippen LogP contribution >= 0.6 is 23.5 Å². The van der Waals surface area contributed by atoms with Crippen LogP contribution in [0, 0.1) is 0 Å². The Balaban J connectivity index is 2.97. The van der Waals surface area contributed by atoms with Crippen LogP contribution in [0.1, 0.15) is 6.42 Å². The van der Waals surface area contributed by atoms with E-state index < -0.39 is 11.6 Å². The normalized spacial score (nSPS) is 23.9. The van der Waals surface area contributed by atoms with Gasteiger partial charge in [0.1, 0.15) is 4.38 Å². The minimum atomic E-state index is -1.13. The van der Waals surface area contributed by atoms with Gasteiger partial charge in [-0.2, -0.15) is 10.2 Å². The van der Waals surface area contributed by atoms with Gasteiger partial charge in [-0.15, -0.1) is 23.5 Å². The van der Waals surface area contributed by atoms with E-state index in [1.807, 2.05) is 12.5 Å². The van der Waals surface area contributed by atoms with E-state index in [-0.39, 0.29) is 0 Å². The molecule has 1 aliphatic rings. The van der Waals surface area contributed by atoms with Crippen LogP contribution in [0.5, 0.6) is 0 Å². The highest BCUT2D eigenvalue weighted by atomic mass is 32.2. The summed E-state index contributed by atoms with van der Waals surface area (Å²) in [6.45, 7) is 0.522. The molecule has 7 heteroatoms. The number of aliphatic imine (C=N–C) groups is 1. The van der Waals surface area contributed by atoms with Crippen molar-refractivity contribution in [2.75, 3.05) is 26.2 Å². The van der Waals surface area contributed by atoms with Crippen LogP contribution in [-0.2, 0) is 9.53 Å². The lowest BCUT2D eigenvalue weighted by atomic mass is 10.1. The van der Waals surface area contributed by atoms with Gasteiger partial charge in [0.25, 0.3) is 5.66 Å². The summed E-state index contributed by atoms with van der Waals surface area (Å²) < 4.78 is 5.52. The summed E-state index contributed by atoms with van der Waals surface area (Å²) in [6, 6.07) is 0. The van der Waals surface area contributed by atoms with Gasteiger partial charge in [0.15, 0.2) is 0 Å². The van der Waals surface area contributed by atoms with Crippen LogP contribution in [0.3, 0.4) is 0 Å². The molecule has 1 rings (SSSR count). The van der Waals surface area contributed by atoms with Crippen molar-refractivity contribution in [2.24, 2.45) is 15.2 Å². The maximum atomic E-state index is 11.6. The number of hydrogen-bond donors (Lipinski definition) is 0. The number of azo groups is 1. The molecule has 0 spiro atoms. The smallest absolute Gasteiger partial charge is 0.358 e. The number of thioether (sulfide) groups is 2. The number of carbonyl (C=O) groups excluding carboxylic acids is 1. The lowest BCUT2D eigenvalue weighted by Gasteiger charge is -2.17. The monoisotopic (exact) mass is 247 g/mol. The largest absolute Gasteiger partial charge is 0.466 e. The molecule has 0 saturated heterocycles. The molecule has 0 fully saturated rings. The predicted molar refractivity (Wildman–Crippen MR) is 63.6 cm³/mol. The standard InChI is InChI=1S/C8H13N3O2S2/c1-13-6(12)8(4-5-9-11-8)10-7(14-2)15-3/h4-5H2,1-3H3. The van der Waals surface area contributed by atoms with Gasteiger partial charge in [0.05, 0.1) is 13.7 Å². The summed E-state index contributed by atoms with van der Waals surface area (Å²) in [5.74, 6) is -0.440. The molecule has 0 amide bonds. The van der Waals surface area contributed by atoms with Gasteiger partial charge in [-0.3, -0.25) is 0 Å². The fourth-order valence-electron chi connectivity index (χ4n) is 1.18. The van der Waals surface area contributed by atoms with Crippen molar-refractivity contribution < 1.29 is 9.53 Å². The highest BCUT2D eigenvalue weighted by molar-refractivity contribution is 8.38. The molecule has 0 bridgehead atoms. The molecular formula is C8H13N3O2S2. The van der Waals surface area contributed by atoms with Crippen molar-refractivity contribution in [3.05, 3.63) is 0 Å². The van der Waals surface area contributed by atoms with Crippen molar-refractivity contribution in [1.29, 1.82) is 0 Å². The SMILES string of the molecule is COC(=O)C1(N=C(SC)SC)CCN=N1. The molecule has 1 atom stereocenters. The predicted octanol–water partition coefficient (Wildman–Crippen LogP) is 1.79. The molecule has 0 radical (unpaired) electrons. The van der Waals surface area contributed by atoms with Crippen LogP contribution in [0.4, 0.5) is 0 Å². The molecule has 0 aliphatic carbocycles. The Morgan fingerprint density at radius 2 is 2.13 bits per heavy atom. The second-order valence-electron chi connectivity index (χ2n) is 2.81. The zero-order valence-corrected chi connectivity index (χ0v) is 10.5. The third-order valence-electron chi connectivity index (χ3n) is 1.93. The van der Waals surface area contributed by atoms with E-state index >= 15 is 0 Å². The van der Waals surface area contributed by atoms with Gasteiger partial charge in [-0.25, -0.2) is 9.79 Å². The highest BCUT2D eigenvalue weighted by Crippen LogP contribution is 2.29. The van der Waals surface area contributed by atoms with Gasteiger partial charge in [-0.05, 0) is 12.5 Å². The van der Waals surface area contributed by atoms with E-state index in [9.17, 15) is 4.79 Å². The third kappa shape index (κ3) is 2.72. The number of carbonyl (C=O) groups is 1. The first kappa shape index (κ1) is 12.5. The maximum absolute atomic E-state index is 11.6. The van der Waals surface area contributed by atoms with Gasteiger partial charge in [0.2, 0.25) is 0 Å². The summed E-state index contributed by atoms with van der Waals surface area (Å²) in [6.07, 6.45) is 4.31. The second-order valence-corrected chi connectivity index (χ2v) is 4.66. The molecular weight excluding hydrogens is 234 g/mol. The topological polar surface area (TPSA) is 63.4 Å². The first-order valence-electron chi connectivity index (χ1n) is 4.33. The van der Waals surface area contributed by atoms with Gasteiger partial charge < -0.3 is 4.74 Å². The highest BCUT2D eigenvalue weighted by Gasteiger charge is 2.42. The van der Waals surface area contributed by atoms with Crippen molar-refractivity contribution in [3.8, 4) is 0 Å². The van der Waals surface area contributed by atoms with E-state index in [1.54, 1.807) is 0 Å². The van der Waals surface area contributed by atoms with Crippen LogP contribution < -0.4 is 0 Å². The van der Waals surface area contributed by atoms with Crippen molar-refractivity contribution >= 4 is 33.9 Å². The lowest BCUT2D eigenvalue weighted by molar-refractivity contribution is -0.146. The fraction of sp³-hybridized carbons (Fsp3) is 0.750. The third-order valence-corrected chi connectivity index (χ3v) is 3.82. The number of methoxy groups -OCH3 is 1. The number of ether oxygens (including phenoxy) is 1. The zero-order chi connectivity index (χ0) is 11.3. The molecule has 5 nitrogen and oxygen atoms in total. The van der Waals surface area contributed by atoms with E-state index in [0.29, 0.717) is 13.0 Å². The molecule has 0 saturated carbocycles. The average molecular weight is 247 g/mol. The first-order chi connectivity index (χ1) is 7.18. The minimum Gasteiger partial charge on any atom is -0.466 e. The van der Waals surface area contributed by atoms with Gasteiger partial charge in [0, 0.05) is 6.42 Å². The molecule has 0 aromatic carbocycles. The summed E-state index contributed by atoms with van der Waals surface area (Å²) in [4.78, 5) is 15.9. The first-order valence-corrected chi connectivity index (χ1v) is 6.78. The fourth-order valence-corrected chi connectivity index (χ4v) is 2.33. The van der Waals surface area contributed by atoms with Crippen LogP contribution in [0.25, 0.3) is 0 Å². The molecule has 0 aromatic heterocycles. The van der Waals surface area contributed by atoms with Crippen molar-refractivity contribution in [3.63, 3.8) is 0 Å². The van der Waals surface area contributed by atoms with E-state index in [4.69, 9.17) is 4.74 Å². The molecule has 1 unspecified atom stereocenters. The van der Waals surface area contributed by atoms with Crippen LogP contribution in [0.2, 0.25) is 0 Å². The summed E-state index contributed by atoms with van der Waals surface area (Å²) >= 11 is 2.97. The van der Waals surface area contributed by atoms with E-state index in [0.717, 1.165) is 4.38 Å². The molecule has 1 heterocycles. The molecule has 15 heavy (non-hydrogen) atoms. The Labute approximate surface area is 97.2 Å². The summed E-state index contributed by atoms with van der Waals surface area (Å²) in [5, 5.41) is 7.74. The van der Waals surface area contributed by atoms with E-state index in [1.165, 1.54) is 30.6 Å². The van der Waals surface area contributed by atoms with Crippen LogP contribution in [-0.4, -0.2) is 42.2 Å². The quantitative estimate of drug-likeness (QED) is 0.424. The van der Waals surface area contributed by atoms with Gasteiger partial charge in [-0.1, -0.05) is 0 Å². The Bertz CT molecular complexity index is 300. The van der Waals surface area contributed by atoms with Crippen molar-refractivity contribution in [1.82, 2.24) is 0 Å². The van der Waals surface area contributed by atoms with Gasteiger partial charge >= 0.3 is 5.97 Å². The molecule has 84 valence electrons. The second kappa shape index (κ2) is 5.50. The molecule has 0 N–H and O–H groups in total. The molecule has 1 aliphatic heterocycles. The van der Waals surface area contributed by atoms with E-state index in [2.05, 4.69) is 15.2 Å². The number of esters is 1. The Hall–Kier alpha value is -0.560. The Kier molecular flexibility index (Phi) is 4.59. The summed E-state index contributed by atoms with van der Waals surface area (Å²) in [7, 11) is 1.34. The van der Waals surface area contributed by atoms with Crippen molar-refractivity contribution in [2.45, 2.75) is 12.1 Å². The number of rotatable bonds is 2. The average Bonchev–Trinajstić information content (AvgIpc) is 2.74. The number of hydrogen-bond acceptors (Lipinski definition) is 7. The molecule has 0 aromatic rings. The Morgan fingerprint density at radius 1 is 1.47 bits per heavy atom. The Morgan fingerprint density at radius 3 is 2.53 bits per heavy atom.